The molecule has 3 unspecified atom stereocenters. The Morgan fingerprint density at radius 1 is 1.37 bits per heavy atom. The van der Waals surface area contributed by atoms with E-state index in [0.29, 0.717) is 6.54 Å². The zero-order chi connectivity index (χ0) is 13.7. The summed E-state index contributed by atoms with van der Waals surface area (Å²) in [5.74, 6) is -0.252. The van der Waals surface area contributed by atoms with Gasteiger partial charge in [-0.1, -0.05) is 12.1 Å². The van der Waals surface area contributed by atoms with Gasteiger partial charge >= 0.3 is 0 Å². The van der Waals surface area contributed by atoms with Crippen molar-refractivity contribution in [3.05, 3.63) is 35.6 Å². The van der Waals surface area contributed by atoms with Crippen molar-refractivity contribution in [2.45, 2.75) is 44.0 Å². The van der Waals surface area contributed by atoms with Crippen LogP contribution in [-0.4, -0.2) is 25.9 Å². The van der Waals surface area contributed by atoms with Gasteiger partial charge in [0.25, 0.3) is 0 Å². The van der Waals surface area contributed by atoms with Crippen molar-refractivity contribution < 1.29 is 13.9 Å². The number of hydrogen-bond acceptors (Lipinski definition) is 3. The second-order valence-corrected chi connectivity index (χ2v) is 5.06. The molecule has 1 aromatic carbocycles. The molecule has 0 bridgehead atoms. The van der Waals surface area contributed by atoms with Gasteiger partial charge in [-0.2, -0.15) is 0 Å². The second kappa shape index (κ2) is 6.98. The standard InChI is InChI=1S/C15H22FNO2/c1-18-13-6-3-7-14(9-13)19-15(10-17)11-4-2-5-12(16)8-11/h2,4-5,8,13-15H,3,6-7,9-10,17H2,1H3. The highest BCUT2D eigenvalue weighted by Gasteiger charge is 2.25. The molecule has 0 heterocycles. The summed E-state index contributed by atoms with van der Waals surface area (Å²) in [6.45, 7) is 0.359. The van der Waals surface area contributed by atoms with Crippen LogP contribution in [0.2, 0.25) is 0 Å². The van der Waals surface area contributed by atoms with Crippen molar-refractivity contribution in [1.29, 1.82) is 0 Å². The van der Waals surface area contributed by atoms with E-state index >= 15 is 0 Å². The maximum absolute atomic E-state index is 13.2. The van der Waals surface area contributed by atoms with Crippen LogP contribution in [0.4, 0.5) is 4.39 Å². The molecule has 0 saturated heterocycles. The fourth-order valence-corrected chi connectivity index (χ4v) is 2.65. The van der Waals surface area contributed by atoms with Crippen LogP contribution >= 0.6 is 0 Å². The van der Waals surface area contributed by atoms with Crippen LogP contribution in [0.5, 0.6) is 0 Å². The highest BCUT2D eigenvalue weighted by Crippen LogP contribution is 2.28. The van der Waals surface area contributed by atoms with Gasteiger partial charge in [-0.15, -0.1) is 0 Å². The number of ether oxygens (including phenoxy) is 2. The molecule has 0 spiro atoms. The predicted molar refractivity (Wildman–Crippen MR) is 72.3 cm³/mol. The maximum atomic E-state index is 13.2. The molecule has 2 N–H and O–H groups in total. The molecule has 0 aromatic heterocycles. The SMILES string of the molecule is COC1CCCC(OC(CN)c2cccc(F)c2)C1. The van der Waals surface area contributed by atoms with Crippen LogP contribution in [0.1, 0.15) is 37.4 Å². The molecule has 106 valence electrons. The predicted octanol–water partition coefficient (Wildman–Crippen LogP) is 2.80. The summed E-state index contributed by atoms with van der Waals surface area (Å²) < 4.78 is 24.7. The van der Waals surface area contributed by atoms with Gasteiger partial charge in [0.2, 0.25) is 0 Å². The molecule has 1 saturated carbocycles. The average Bonchev–Trinajstić information content (AvgIpc) is 2.45. The first-order valence-corrected chi connectivity index (χ1v) is 6.86. The number of halogens is 1. The Hall–Kier alpha value is -0.970. The summed E-state index contributed by atoms with van der Waals surface area (Å²) in [4.78, 5) is 0. The molecule has 1 aliphatic carbocycles. The van der Waals surface area contributed by atoms with E-state index in [2.05, 4.69) is 0 Å². The van der Waals surface area contributed by atoms with Crippen molar-refractivity contribution in [1.82, 2.24) is 0 Å². The topological polar surface area (TPSA) is 44.5 Å². The lowest BCUT2D eigenvalue weighted by Gasteiger charge is -2.31. The molecular formula is C15H22FNO2. The molecule has 0 radical (unpaired) electrons. The summed E-state index contributed by atoms with van der Waals surface area (Å²) in [6, 6.07) is 6.47. The molecule has 1 fully saturated rings. The highest BCUT2D eigenvalue weighted by molar-refractivity contribution is 5.19. The zero-order valence-electron chi connectivity index (χ0n) is 11.3. The first-order valence-electron chi connectivity index (χ1n) is 6.86. The van der Waals surface area contributed by atoms with Gasteiger partial charge in [0.05, 0.1) is 18.3 Å². The maximum Gasteiger partial charge on any atom is 0.123 e. The molecule has 4 heteroatoms. The van der Waals surface area contributed by atoms with Gasteiger partial charge in [0.1, 0.15) is 5.82 Å². The third-order valence-electron chi connectivity index (χ3n) is 3.70. The number of rotatable bonds is 5. The van der Waals surface area contributed by atoms with E-state index in [1.165, 1.54) is 12.1 Å². The molecular weight excluding hydrogens is 245 g/mol. The smallest absolute Gasteiger partial charge is 0.123 e. The average molecular weight is 267 g/mol. The summed E-state index contributed by atoms with van der Waals surface area (Å²) in [7, 11) is 1.74. The van der Waals surface area contributed by atoms with E-state index in [1.54, 1.807) is 13.2 Å². The van der Waals surface area contributed by atoms with Gasteiger partial charge in [-0.3, -0.25) is 0 Å². The van der Waals surface area contributed by atoms with E-state index in [0.717, 1.165) is 31.2 Å². The number of benzene rings is 1. The molecule has 3 nitrogen and oxygen atoms in total. The fraction of sp³-hybridized carbons (Fsp3) is 0.600. The lowest BCUT2D eigenvalue weighted by atomic mass is 9.94. The summed E-state index contributed by atoms with van der Waals surface area (Å²) in [5.41, 5.74) is 6.57. The molecule has 0 aliphatic heterocycles. The summed E-state index contributed by atoms with van der Waals surface area (Å²) in [6.07, 6.45) is 4.28. The first-order chi connectivity index (χ1) is 9.22. The Morgan fingerprint density at radius 2 is 2.16 bits per heavy atom. The van der Waals surface area contributed by atoms with E-state index in [-0.39, 0.29) is 24.1 Å². The Morgan fingerprint density at radius 3 is 2.84 bits per heavy atom. The van der Waals surface area contributed by atoms with Crippen molar-refractivity contribution in [2.24, 2.45) is 5.73 Å². The number of nitrogens with two attached hydrogens (primary N) is 1. The zero-order valence-corrected chi connectivity index (χ0v) is 11.3. The van der Waals surface area contributed by atoms with Crippen LogP contribution in [0.25, 0.3) is 0 Å². The van der Waals surface area contributed by atoms with Crippen molar-refractivity contribution >= 4 is 0 Å². The van der Waals surface area contributed by atoms with E-state index in [1.807, 2.05) is 6.07 Å². The first kappa shape index (κ1) is 14.4. The van der Waals surface area contributed by atoms with Crippen LogP contribution in [-0.2, 0) is 9.47 Å². The van der Waals surface area contributed by atoms with Gasteiger partial charge < -0.3 is 15.2 Å². The Bertz CT molecular complexity index is 399. The molecule has 3 atom stereocenters. The van der Waals surface area contributed by atoms with Gasteiger partial charge in [0, 0.05) is 13.7 Å². The van der Waals surface area contributed by atoms with Crippen molar-refractivity contribution in [2.75, 3.05) is 13.7 Å². The minimum absolute atomic E-state index is 0.149. The molecule has 1 aliphatic rings. The third-order valence-corrected chi connectivity index (χ3v) is 3.70. The molecule has 2 rings (SSSR count). The molecule has 19 heavy (non-hydrogen) atoms. The summed E-state index contributed by atoms with van der Waals surface area (Å²) >= 11 is 0. The largest absolute Gasteiger partial charge is 0.381 e. The summed E-state index contributed by atoms with van der Waals surface area (Å²) in [5, 5.41) is 0. The van der Waals surface area contributed by atoms with Crippen molar-refractivity contribution in [3.8, 4) is 0 Å². The Kier molecular flexibility index (Phi) is 5.31. The minimum atomic E-state index is -0.252. The molecule has 1 aromatic rings. The van der Waals surface area contributed by atoms with Crippen LogP contribution < -0.4 is 5.73 Å². The van der Waals surface area contributed by atoms with E-state index in [9.17, 15) is 4.39 Å². The highest BCUT2D eigenvalue weighted by atomic mass is 19.1. The monoisotopic (exact) mass is 267 g/mol. The van der Waals surface area contributed by atoms with Gasteiger partial charge in [0.15, 0.2) is 0 Å². The quantitative estimate of drug-likeness (QED) is 0.892. The molecule has 0 amide bonds. The Labute approximate surface area is 113 Å². The van der Waals surface area contributed by atoms with Crippen LogP contribution in [0.15, 0.2) is 24.3 Å². The minimum Gasteiger partial charge on any atom is -0.381 e. The normalized spacial score (nSPS) is 25.2. The van der Waals surface area contributed by atoms with E-state index < -0.39 is 0 Å². The number of hydrogen-bond donors (Lipinski definition) is 1. The van der Waals surface area contributed by atoms with Crippen molar-refractivity contribution in [3.63, 3.8) is 0 Å². The lowest BCUT2D eigenvalue weighted by Crippen LogP contribution is -2.30. The number of methoxy groups -OCH3 is 1. The second-order valence-electron chi connectivity index (χ2n) is 5.06. The Balaban J connectivity index is 1.99. The van der Waals surface area contributed by atoms with Crippen LogP contribution in [0.3, 0.4) is 0 Å². The van der Waals surface area contributed by atoms with Crippen LogP contribution in [0, 0.1) is 5.82 Å². The van der Waals surface area contributed by atoms with Gasteiger partial charge in [-0.05, 0) is 43.4 Å². The third kappa shape index (κ3) is 4.00. The van der Waals surface area contributed by atoms with E-state index in [4.69, 9.17) is 15.2 Å². The lowest BCUT2D eigenvalue weighted by molar-refractivity contribution is -0.0633. The van der Waals surface area contributed by atoms with Gasteiger partial charge in [-0.25, -0.2) is 4.39 Å². The fourth-order valence-electron chi connectivity index (χ4n) is 2.65.